The van der Waals surface area contributed by atoms with Crippen LogP contribution < -0.4 is 10.1 Å². The smallest absolute Gasteiger partial charge is 0.119 e. The topological polar surface area (TPSA) is 57.6 Å². The van der Waals surface area contributed by atoms with Crippen molar-refractivity contribution in [3.8, 4) is 5.75 Å². The third-order valence-electron chi connectivity index (χ3n) is 4.90. The van der Waals surface area contributed by atoms with Crippen LogP contribution in [0.3, 0.4) is 0 Å². The molecule has 0 spiro atoms. The van der Waals surface area contributed by atoms with Crippen molar-refractivity contribution < 1.29 is 9.84 Å². The van der Waals surface area contributed by atoms with E-state index in [1.54, 1.807) is 14.0 Å². The third-order valence-corrected chi connectivity index (χ3v) is 5.13. The van der Waals surface area contributed by atoms with Gasteiger partial charge in [-0.1, -0.05) is 25.4 Å². The molecule has 2 unspecified atom stereocenters. The van der Waals surface area contributed by atoms with E-state index in [1.807, 2.05) is 36.4 Å². The highest BCUT2D eigenvalue weighted by molar-refractivity contribution is 6.31. The lowest BCUT2D eigenvalue weighted by molar-refractivity contribution is 0.0825. The molecule has 0 saturated heterocycles. The molecule has 1 heterocycles. The molecule has 0 fully saturated rings. The molecule has 0 aliphatic rings. The monoisotopic (exact) mass is 387 g/mol. The van der Waals surface area contributed by atoms with Gasteiger partial charge in [-0.15, -0.1) is 0 Å². The minimum Gasteiger partial charge on any atom is -0.497 e. The number of pyridine rings is 1. The molecule has 6 heteroatoms. The van der Waals surface area contributed by atoms with Gasteiger partial charge in [0.25, 0.3) is 0 Å². The van der Waals surface area contributed by atoms with E-state index in [0.717, 1.165) is 46.3 Å². The van der Waals surface area contributed by atoms with Crippen LogP contribution in [0.25, 0.3) is 21.8 Å². The number of methoxy groups -OCH3 is 1. The van der Waals surface area contributed by atoms with Crippen molar-refractivity contribution in [2.24, 2.45) is 0 Å². The highest BCUT2D eigenvalue weighted by Crippen LogP contribution is 2.35. The fourth-order valence-electron chi connectivity index (χ4n) is 3.46. The van der Waals surface area contributed by atoms with Gasteiger partial charge in [-0.2, -0.15) is 0 Å². The van der Waals surface area contributed by atoms with E-state index >= 15 is 0 Å². The van der Waals surface area contributed by atoms with Crippen LogP contribution in [0.4, 0.5) is 5.69 Å². The number of fused-ring (bicyclic) bond motifs is 2. The van der Waals surface area contributed by atoms with E-state index < -0.39 is 6.10 Å². The number of aliphatic hydroxyl groups excluding tert-OH is 1. The molecule has 0 saturated carbocycles. The number of hydrogen-bond acceptors (Lipinski definition) is 5. The number of aliphatic hydroxyl groups is 1. The van der Waals surface area contributed by atoms with Crippen LogP contribution in [-0.2, 0) is 0 Å². The van der Waals surface area contributed by atoms with Gasteiger partial charge in [0.05, 0.1) is 29.9 Å². The van der Waals surface area contributed by atoms with Gasteiger partial charge >= 0.3 is 0 Å². The van der Waals surface area contributed by atoms with Gasteiger partial charge in [-0.05, 0) is 56.4 Å². The minimum atomic E-state index is -0.555. The van der Waals surface area contributed by atoms with Crippen LogP contribution in [-0.4, -0.2) is 47.5 Å². The average Bonchev–Trinajstić information content (AvgIpc) is 2.66. The lowest BCUT2D eigenvalue weighted by Gasteiger charge is -2.34. The van der Waals surface area contributed by atoms with Crippen LogP contribution in [0.1, 0.15) is 20.8 Å². The Morgan fingerprint density at radius 3 is 2.48 bits per heavy atom. The second-order valence-electron chi connectivity index (χ2n) is 6.58. The molecule has 5 nitrogen and oxygen atoms in total. The molecule has 3 aromatic rings. The highest BCUT2D eigenvalue weighted by atomic mass is 35.5. The number of aromatic nitrogens is 1. The predicted molar refractivity (Wildman–Crippen MR) is 113 cm³/mol. The summed E-state index contributed by atoms with van der Waals surface area (Å²) in [5.74, 6) is 0.761. The van der Waals surface area contributed by atoms with E-state index in [2.05, 4.69) is 24.1 Å². The van der Waals surface area contributed by atoms with Gasteiger partial charge < -0.3 is 15.2 Å². The normalized spacial score (nSPS) is 13.9. The standard InChI is InChI=1S/C21H26ClN3O2/c1-5-25(6-2)21(13(3)26)24-20-16-9-7-14(22)11-19(16)23-18-10-8-15(27-4)12-17(18)20/h7-13,21,26H,5-6H2,1-4H3,(H,23,24). The number of likely N-dealkylation sites (N-methyl/N-ethyl adjacent to an activating group) is 1. The molecule has 0 amide bonds. The Balaban J connectivity index is 2.25. The molecule has 2 atom stereocenters. The molecule has 144 valence electrons. The maximum atomic E-state index is 10.4. The van der Waals surface area contributed by atoms with Crippen LogP contribution >= 0.6 is 11.6 Å². The summed E-state index contributed by atoms with van der Waals surface area (Å²) in [6.45, 7) is 7.64. The zero-order valence-corrected chi connectivity index (χ0v) is 16.9. The number of rotatable bonds is 7. The van der Waals surface area contributed by atoms with E-state index in [9.17, 15) is 5.11 Å². The summed E-state index contributed by atoms with van der Waals surface area (Å²) < 4.78 is 5.41. The van der Waals surface area contributed by atoms with Crippen molar-refractivity contribution in [1.29, 1.82) is 0 Å². The van der Waals surface area contributed by atoms with Crippen molar-refractivity contribution in [3.05, 3.63) is 41.4 Å². The molecule has 2 N–H and O–H groups in total. The molecule has 0 bridgehead atoms. The Hall–Kier alpha value is -2.08. The van der Waals surface area contributed by atoms with E-state index in [4.69, 9.17) is 21.3 Å². The maximum Gasteiger partial charge on any atom is 0.119 e. The second kappa shape index (κ2) is 8.30. The van der Waals surface area contributed by atoms with E-state index in [0.29, 0.717) is 5.02 Å². The molecule has 3 rings (SSSR count). The van der Waals surface area contributed by atoms with Crippen LogP contribution in [0.15, 0.2) is 36.4 Å². The fourth-order valence-corrected chi connectivity index (χ4v) is 3.63. The summed E-state index contributed by atoms with van der Waals surface area (Å²) >= 11 is 6.19. The second-order valence-corrected chi connectivity index (χ2v) is 7.02. The zero-order valence-electron chi connectivity index (χ0n) is 16.2. The van der Waals surface area contributed by atoms with E-state index in [-0.39, 0.29) is 6.17 Å². The lowest BCUT2D eigenvalue weighted by Crippen LogP contribution is -2.47. The predicted octanol–water partition coefficient (Wildman–Crippen LogP) is 4.51. The van der Waals surface area contributed by atoms with Crippen LogP contribution in [0, 0.1) is 0 Å². The summed E-state index contributed by atoms with van der Waals surface area (Å²) in [4.78, 5) is 6.95. The highest BCUT2D eigenvalue weighted by Gasteiger charge is 2.23. The molecular formula is C21H26ClN3O2. The van der Waals surface area contributed by atoms with Crippen molar-refractivity contribution in [1.82, 2.24) is 9.88 Å². The first-order chi connectivity index (χ1) is 13.0. The summed E-state index contributed by atoms with van der Waals surface area (Å²) in [5.41, 5.74) is 2.58. The van der Waals surface area contributed by atoms with Gasteiger partial charge in [0.2, 0.25) is 0 Å². The number of nitrogens with zero attached hydrogens (tertiary/aromatic N) is 2. The van der Waals surface area contributed by atoms with Gasteiger partial charge in [-0.3, -0.25) is 4.90 Å². The van der Waals surface area contributed by atoms with Gasteiger partial charge in [0, 0.05) is 15.8 Å². The van der Waals surface area contributed by atoms with Crippen LogP contribution in [0.2, 0.25) is 5.02 Å². The van der Waals surface area contributed by atoms with Crippen LogP contribution in [0.5, 0.6) is 5.75 Å². The number of benzene rings is 2. The first-order valence-corrected chi connectivity index (χ1v) is 9.62. The van der Waals surface area contributed by atoms with Crippen molar-refractivity contribution in [2.75, 3.05) is 25.5 Å². The van der Waals surface area contributed by atoms with E-state index in [1.165, 1.54) is 0 Å². The molecule has 0 aliphatic carbocycles. The first-order valence-electron chi connectivity index (χ1n) is 9.24. The Morgan fingerprint density at radius 1 is 1.11 bits per heavy atom. The Bertz CT molecular complexity index is 942. The lowest BCUT2D eigenvalue weighted by atomic mass is 10.1. The molecule has 1 aromatic heterocycles. The summed E-state index contributed by atoms with van der Waals surface area (Å²) in [6, 6.07) is 11.5. The molecule has 27 heavy (non-hydrogen) atoms. The number of hydrogen-bond donors (Lipinski definition) is 2. The molecule has 2 aromatic carbocycles. The Morgan fingerprint density at radius 2 is 1.85 bits per heavy atom. The first kappa shape index (κ1) is 19.7. The summed E-state index contributed by atoms with van der Waals surface area (Å²) in [7, 11) is 1.65. The summed E-state index contributed by atoms with van der Waals surface area (Å²) in [6.07, 6.45) is -0.781. The molecular weight excluding hydrogens is 362 g/mol. The van der Waals surface area contributed by atoms with Gasteiger partial charge in [0.15, 0.2) is 0 Å². The SMILES string of the molecule is CCN(CC)C(Nc1c2ccc(Cl)cc2nc2ccc(OC)cc12)C(C)O. The summed E-state index contributed by atoms with van der Waals surface area (Å²) in [5, 5.41) is 16.5. The number of nitrogens with one attached hydrogen (secondary N) is 1. The largest absolute Gasteiger partial charge is 0.497 e. The third kappa shape index (κ3) is 3.95. The molecule has 0 radical (unpaired) electrons. The average molecular weight is 388 g/mol. The quantitative estimate of drug-likeness (QED) is 0.461. The number of ether oxygens (including phenoxy) is 1. The fraction of sp³-hybridized carbons (Fsp3) is 0.381. The number of anilines is 1. The maximum absolute atomic E-state index is 10.4. The van der Waals surface area contributed by atoms with Gasteiger partial charge in [-0.25, -0.2) is 4.98 Å². The van der Waals surface area contributed by atoms with Crippen molar-refractivity contribution in [2.45, 2.75) is 33.0 Å². The number of halogens is 1. The minimum absolute atomic E-state index is 0.226. The Labute approximate surface area is 164 Å². The molecule has 0 aliphatic heterocycles. The van der Waals surface area contributed by atoms with Crippen molar-refractivity contribution >= 4 is 39.1 Å². The Kier molecular flexibility index (Phi) is 6.05. The zero-order chi connectivity index (χ0) is 19.6. The van der Waals surface area contributed by atoms with Gasteiger partial charge in [0.1, 0.15) is 11.9 Å². The van der Waals surface area contributed by atoms with Crippen molar-refractivity contribution in [3.63, 3.8) is 0 Å².